The normalized spacial score (nSPS) is 19.1. The van der Waals surface area contributed by atoms with Gasteiger partial charge < -0.3 is 9.42 Å². The Labute approximate surface area is 149 Å². The van der Waals surface area contributed by atoms with Crippen LogP contribution in [0.4, 0.5) is 0 Å². The van der Waals surface area contributed by atoms with E-state index in [0.29, 0.717) is 18.2 Å². The van der Waals surface area contributed by atoms with Crippen molar-refractivity contribution in [2.24, 2.45) is 0 Å². The predicted octanol–water partition coefficient (Wildman–Crippen LogP) is 3.21. The molecule has 1 amide bonds. The van der Waals surface area contributed by atoms with E-state index >= 15 is 0 Å². The molecule has 25 heavy (non-hydrogen) atoms. The highest BCUT2D eigenvalue weighted by Gasteiger charge is 2.32. The average Bonchev–Trinajstić information content (AvgIpc) is 3.25. The Kier molecular flexibility index (Phi) is 5.53. The molecule has 1 fully saturated rings. The Bertz CT molecular complexity index is 698. The molecule has 2 heterocycles. The van der Waals surface area contributed by atoms with Gasteiger partial charge in [0.15, 0.2) is 0 Å². The minimum Gasteiger partial charge on any atom is -0.361 e. The summed E-state index contributed by atoms with van der Waals surface area (Å²) in [5.41, 5.74) is 2.05. The second-order valence-corrected chi connectivity index (χ2v) is 6.81. The third kappa shape index (κ3) is 4.10. The van der Waals surface area contributed by atoms with Crippen molar-refractivity contribution >= 4 is 5.91 Å². The lowest BCUT2D eigenvalue weighted by atomic mass is 10.1. The Morgan fingerprint density at radius 3 is 2.80 bits per heavy atom. The van der Waals surface area contributed by atoms with Crippen molar-refractivity contribution in [3.8, 4) is 0 Å². The van der Waals surface area contributed by atoms with E-state index in [9.17, 15) is 4.79 Å². The maximum Gasteiger partial charge on any atom is 0.229 e. The fraction of sp³-hybridized carbons (Fsp3) is 0.500. The number of nitrogens with zero attached hydrogens (tertiary/aromatic N) is 3. The Balaban J connectivity index is 1.61. The fourth-order valence-electron chi connectivity index (χ4n) is 3.71. The Hall–Kier alpha value is -2.14. The van der Waals surface area contributed by atoms with Gasteiger partial charge in [-0.05, 0) is 32.8 Å². The van der Waals surface area contributed by atoms with Crippen molar-refractivity contribution in [3.63, 3.8) is 0 Å². The van der Waals surface area contributed by atoms with Crippen molar-refractivity contribution in [2.45, 2.75) is 45.7 Å². The molecule has 3 rings (SSSR count). The summed E-state index contributed by atoms with van der Waals surface area (Å²) in [5.74, 6) is 0.879. The standard InChI is InChI=1S/C20H27N3O2/c1-4-23(20(24)13-18-12-15(2)25-21-18)19-10-11-22(14-19)16(3)17-8-6-5-7-9-17/h5-9,12,16,19H,4,10-11,13-14H2,1-3H3. The summed E-state index contributed by atoms with van der Waals surface area (Å²) in [6.45, 7) is 8.82. The van der Waals surface area contributed by atoms with Crippen LogP contribution in [0.2, 0.25) is 0 Å². The summed E-state index contributed by atoms with van der Waals surface area (Å²) in [5, 5.41) is 3.95. The van der Waals surface area contributed by atoms with Crippen LogP contribution in [0.25, 0.3) is 0 Å². The molecule has 134 valence electrons. The van der Waals surface area contributed by atoms with Gasteiger partial charge in [-0.3, -0.25) is 9.69 Å². The van der Waals surface area contributed by atoms with E-state index in [1.807, 2.05) is 24.0 Å². The molecular weight excluding hydrogens is 314 g/mol. The molecule has 5 heteroatoms. The van der Waals surface area contributed by atoms with Crippen molar-refractivity contribution in [3.05, 3.63) is 53.4 Å². The maximum atomic E-state index is 12.7. The molecule has 1 aromatic carbocycles. The van der Waals surface area contributed by atoms with Crippen LogP contribution in [0.3, 0.4) is 0 Å². The number of hydrogen-bond donors (Lipinski definition) is 0. The van der Waals surface area contributed by atoms with E-state index in [-0.39, 0.29) is 11.9 Å². The zero-order valence-electron chi connectivity index (χ0n) is 15.3. The minimum absolute atomic E-state index is 0.134. The fourth-order valence-corrected chi connectivity index (χ4v) is 3.71. The van der Waals surface area contributed by atoms with Gasteiger partial charge in [0.2, 0.25) is 5.91 Å². The molecule has 2 atom stereocenters. The van der Waals surface area contributed by atoms with Crippen LogP contribution >= 0.6 is 0 Å². The van der Waals surface area contributed by atoms with Gasteiger partial charge in [0.1, 0.15) is 5.76 Å². The molecule has 1 aliphatic heterocycles. The first-order valence-corrected chi connectivity index (χ1v) is 9.09. The zero-order chi connectivity index (χ0) is 17.8. The van der Waals surface area contributed by atoms with Crippen molar-refractivity contribution in [2.75, 3.05) is 19.6 Å². The molecule has 1 aromatic heterocycles. The topological polar surface area (TPSA) is 49.6 Å². The lowest BCUT2D eigenvalue weighted by Crippen LogP contribution is -2.42. The van der Waals surface area contributed by atoms with Crippen molar-refractivity contribution < 1.29 is 9.32 Å². The molecule has 0 N–H and O–H groups in total. The van der Waals surface area contributed by atoms with Gasteiger partial charge in [0, 0.05) is 37.8 Å². The Morgan fingerprint density at radius 1 is 1.40 bits per heavy atom. The van der Waals surface area contributed by atoms with E-state index in [4.69, 9.17) is 4.52 Å². The smallest absolute Gasteiger partial charge is 0.229 e. The highest BCUT2D eigenvalue weighted by Crippen LogP contribution is 2.26. The summed E-state index contributed by atoms with van der Waals surface area (Å²) >= 11 is 0. The highest BCUT2D eigenvalue weighted by atomic mass is 16.5. The number of amides is 1. The molecule has 2 unspecified atom stereocenters. The molecule has 0 saturated carbocycles. The summed E-state index contributed by atoms with van der Waals surface area (Å²) in [6.07, 6.45) is 1.34. The van der Waals surface area contributed by atoms with E-state index in [1.54, 1.807) is 0 Å². The van der Waals surface area contributed by atoms with Gasteiger partial charge in [-0.1, -0.05) is 35.5 Å². The highest BCUT2D eigenvalue weighted by molar-refractivity contribution is 5.78. The summed E-state index contributed by atoms with van der Waals surface area (Å²) in [7, 11) is 0. The molecule has 0 aliphatic carbocycles. The van der Waals surface area contributed by atoms with Gasteiger partial charge in [0.25, 0.3) is 0 Å². The molecule has 2 aromatic rings. The van der Waals surface area contributed by atoms with Crippen molar-refractivity contribution in [1.82, 2.24) is 15.0 Å². The van der Waals surface area contributed by atoms with Gasteiger partial charge in [0.05, 0.1) is 12.1 Å². The lowest BCUT2D eigenvalue weighted by molar-refractivity contribution is -0.132. The monoisotopic (exact) mass is 341 g/mol. The van der Waals surface area contributed by atoms with Crippen molar-refractivity contribution in [1.29, 1.82) is 0 Å². The predicted molar refractivity (Wildman–Crippen MR) is 97.2 cm³/mol. The molecule has 0 radical (unpaired) electrons. The average molecular weight is 341 g/mol. The van der Waals surface area contributed by atoms with Gasteiger partial charge >= 0.3 is 0 Å². The van der Waals surface area contributed by atoms with E-state index in [2.05, 4.69) is 48.2 Å². The molecule has 1 saturated heterocycles. The van der Waals surface area contributed by atoms with Crippen LogP contribution in [0.5, 0.6) is 0 Å². The summed E-state index contributed by atoms with van der Waals surface area (Å²) in [6, 6.07) is 13.1. The lowest BCUT2D eigenvalue weighted by Gasteiger charge is -2.29. The zero-order valence-corrected chi connectivity index (χ0v) is 15.3. The first-order valence-electron chi connectivity index (χ1n) is 9.09. The third-order valence-electron chi connectivity index (χ3n) is 5.14. The quantitative estimate of drug-likeness (QED) is 0.809. The molecular formula is C20H27N3O2. The van der Waals surface area contributed by atoms with E-state index < -0.39 is 0 Å². The second kappa shape index (κ2) is 7.83. The van der Waals surface area contributed by atoms with Crippen LogP contribution in [-0.4, -0.2) is 46.5 Å². The molecule has 5 nitrogen and oxygen atoms in total. The number of carbonyl (C=O) groups excluding carboxylic acids is 1. The van der Waals surface area contributed by atoms with E-state index in [0.717, 1.165) is 31.8 Å². The van der Waals surface area contributed by atoms with E-state index in [1.165, 1.54) is 5.56 Å². The number of benzene rings is 1. The van der Waals surface area contributed by atoms with Crippen LogP contribution < -0.4 is 0 Å². The second-order valence-electron chi connectivity index (χ2n) is 6.81. The Morgan fingerprint density at radius 2 is 2.16 bits per heavy atom. The number of carbonyl (C=O) groups is 1. The summed E-state index contributed by atoms with van der Waals surface area (Å²) < 4.78 is 5.07. The van der Waals surface area contributed by atoms with Gasteiger partial charge in [-0.25, -0.2) is 0 Å². The van der Waals surface area contributed by atoms with Gasteiger partial charge in [-0.15, -0.1) is 0 Å². The minimum atomic E-state index is 0.134. The number of aromatic nitrogens is 1. The third-order valence-corrected chi connectivity index (χ3v) is 5.14. The van der Waals surface area contributed by atoms with Gasteiger partial charge in [-0.2, -0.15) is 0 Å². The number of aryl methyl sites for hydroxylation is 1. The molecule has 0 bridgehead atoms. The largest absolute Gasteiger partial charge is 0.361 e. The number of rotatable bonds is 6. The first kappa shape index (κ1) is 17.7. The van der Waals surface area contributed by atoms with Crippen LogP contribution in [-0.2, 0) is 11.2 Å². The first-order chi connectivity index (χ1) is 12.1. The van der Waals surface area contributed by atoms with Crippen LogP contribution in [0, 0.1) is 6.92 Å². The number of likely N-dealkylation sites (tertiary alicyclic amines) is 1. The number of hydrogen-bond acceptors (Lipinski definition) is 4. The SMILES string of the molecule is CCN(C(=O)Cc1cc(C)on1)C1CCN(C(C)c2ccccc2)C1. The van der Waals surface area contributed by atoms with Crippen LogP contribution in [0.1, 0.15) is 43.3 Å². The van der Waals surface area contributed by atoms with Crippen LogP contribution in [0.15, 0.2) is 40.9 Å². The molecule has 0 spiro atoms. The maximum absolute atomic E-state index is 12.7. The number of likely N-dealkylation sites (N-methyl/N-ethyl adjacent to an activating group) is 1. The molecule has 1 aliphatic rings. The summed E-state index contributed by atoms with van der Waals surface area (Å²) in [4.78, 5) is 17.2.